The summed E-state index contributed by atoms with van der Waals surface area (Å²) in [7, 11) is -2.69. The Labute approximate surface area is 194 Å². The lowest BCUT2D eigenvalue weighted by Gasteiger charge is -2.39. The Morgan fingerprint density at radius 3 is 1.38 bits per heavy atom. The molecule has 2 aromatic rings. The van der Waals surface area contributed by atoms with E-state index >= 15 is 0 Å². The van der Waals surface area contributed by atoms with Gasteiger partial charge in [0.05, 0.1) is 0 Å². The molecule has 0 fully saturated rings. The number of aromatic hydroxyl groups is 2. The van der Waals surface area contributed by atoms with Crippen molar-refractivity contribution >= 4 is 8.60 Å². The van der Waals surface area contributed by atoms with Gasteiger partial charge in [0.2, 0.25) is 0 Å². The summed E-state index contributed by atoms with van der Waals surface area (Å²) < 4.78 is 6.04. The molecule has 0 spiro atoms. The third kappa shape index (κ3) is 5.28. The molecule has 0 radical (unpaired) electrons. The molecule has 0 saturated heterocycles. The number of phenols is 2. The van der Waals surface area contributed by atoms with E-state index in [1.54, 1.807) is 12.1 Å². The van der Waals surface area contributed by atoms with Crippen LogP contribution in [0.25, 0.3) is 0 Å². The SMILES string of the molecule is CCCC(OP(O)O)(c1cc(C(C)(C)C)c(O)cc1C)c1cc(C(C)(C)C)c(O)cc1C. The first-order valence-electron chi connectivity index (χ1n) is 11.1. The fourth-order valence-corrected chi connectivity index (χ4v) is 5.07. The third-order valence-corrected chi connectivity index (χ3v) is 6.49. The summed E-state index contributed by atoms with van der Waals surface area (Å²) in [5.41, 5.74) is 2.88. The monoisotopic (exact) mass is 462 g/mol. The average molecular weight is 463 g/mol. The molecule has 32 heavy (non-hydrogen) atoms. The van der Waals surface area contributed by atoms with Crippen LogP contribution in [0, 0.1) is 13.8 Å². The normalized spacial score (nSPS) is 13.1. The lowest BCUT2D eigenvalue weighted by molar-refractivity contribution is 0.0797. The smallest absolute Gasteiger partial charge is 0.328 e. The highest BCUT2D eigenvalue weighted by atomic mass is 31.2. The molecule has 0 saturated carbocycles. The van der Waals surface area contributed by atoms with Gasteiger partial charge in [-0.15, -0.1) is 0 Å². The topological polar surface area (TPSA) is 90.2 Å². The summed E-state index contributed by atoms with van der Waals surface area (Å²) in [4.78, 5) is 20.2. The van der Waals surface area contributed by atoms with Gasteiger partial charge in [0.1, 0.15) is 17.1 Å². The fraction of sp³-hybridized carbons (Fsp3) is 0.538. The predicted molar refractivity (Wildman–Crippen MR) is 131 cm³/mol. The first-order valence-corrected chi connectivity index (χ1v) is 12.3. The lowest BCUT2D eigenvalue weighted by atomic mass is 9.74. The van der Waals surface area contributed by atoms with E-state index in [4.69, 9.17) is 4.52 Å². The second kappa shape index (κ2) is 9.30. The Balaban J connectivity index is 3.02. The maximum atomic E-state index is 10.7. The number of hydrogen-bond donors (Lipinski definition) is 4. The van der Waals surface area contributed by atoms with Crippen molar-refractivity contribution in [1.29, 1.82) is 0 Å². The molecule has 5 nitrogen and oxygen atoms in total. The first-order chi connectivity index (χ1) is 14.5. The summed E-state index contributed by atoms with van der Waals surface area (Å²) in [6, 6.07) is 7.31. The minimum Gasteiger partial charge on any atom is -0.508 e. The van der Waals surface area contributed by atoms with Gasteiger partial charge in [0.15, 0.2) is 0 Å². The van der Waals surface area contributed by atoms with Gasteiger partial charge < -0.3 is 20.0 Å². The molecule has 0 heterocycles. The Kier molecular flexibility index (Phi) is 7.74. The fourth-order valence-electron chi connectivity index (χ4n) is 4.51. The maximum absolute atomic E-state index is 10.7. The highest BCUT2D eigenvalue weighted by molar-refractivity contribution is 7.39. The van der Waals surface area contributed by atoms with Crippen LogP contribution in [0.15, 0.2) is 24.3 Å². The minimum atomic E-state index is -2.69. The van der Waals surface area contributed by atoms with Crippen molar-refractivity contribution < 1.29 is 24.5 Å². The summed E-state index contributed by atoms with van der Waals surface area (Å²) in [5.74, 6) is 0.412. The van der Waals surface area contributed by atoms with Gasteiger partial charge in [-0.1, -0.05) is 54.9 Å². The van der Waals surface area contributed by atoms with Gasteiger partial charge in [-0.2, -0.15) is 0 Å². The van der Waals surface area contributed by atoms with Crippen LogP contribution in [-0.4, -0.2) is 20.0 Å². The first kappa shape index (κ1) is 26.6. The Morgan fingerprint density at radius 1 is 0.719 bits per heavy atom. The van der Waals surface area contributed by atoms with E-state index in [1.165, 1.54) is 0 Å². The highest BCUT2D eigenvalue weighted by Gasteiger charge is 2.42. The van der Waals surface area contributed by atoms with Gasteiger partial charge in [-0.05, 0) is 88.7 Å². The van der Waals surface area contributed by atoms with Crippen LogP contribution < -0.4 is 0 Å². The van der Waals surface area contributed by atoms with Crippen LogP contribution in [0.5, 0.6) is 11.5 Å². The molecule has 0 bridgehead atoms. The van der Waals surface area contributed by atoms with E-state index in [9.17, 15) is 20.0 Å². The van der Waals surface area contributed by atoms with Crippen molar-refractivity contribution in [1.82, 2.24) is 0 Å². The van der Waals surface area contributed by atoms with Crippen LogP contribution in [0.2, 0.25) is 0 Å². The van der Waals surface area contributed by atoms with Gasteiger partial charge in [0.25, 0.3) is 0 Å². The zero-order chi connectivity index (χ0) is 24.6. The molecule has 0 unspecified atom stereocenters. The van der Waals surface area contributed by atoms with Crippen LogP contribution in [-0.2, 0) is 21.0 Å². The van der Waals surface area contributed by atoms with Crippen molar-refractivity contribution in [3.05, 3.63) is 57.6 Å². The molecule has 178 valence electrons. The summed E-state index contributed by atoms with van der Waals surface area (Å²) in [6.45, 7) is 18.0. The summed E-state index contributed by atoms with van der Waals surface area (Å²) in [6.07, 6.45) is 1.22. The molecule has 4 N–H and O–H groups in total. The number of benzene rings is 2. The zero-order valence-corrected chi connectivity index (χ0v) is 21.8. The molecule has 2 rings (SSSR count). The molecule has 0 aliphatic heterocycles. The van der Waals surface area contributed by atoms with E-state index in [0.717, 1.165) is 39.8 Å². The van der Waals surface area contributed by atoms with Gasteiger partial charge in [0, 0.05) is 0 Å². The van der Waals surface area contributed by atoms with E-state index < -0.39 is 14.2 Å². The van der Waals surface area contributed by atoms with Gasteiger partial charge in [-0.3, -0.25) is 4.52 Å². The van der Waals surface area contributed by atoms with Crippen molar-refractivity contribution in [2.45, 2.75) is 91.6 Å². The molecule has 0 aliphatic carbocycles. The van der Waals surface area contributed by atoms with Crippen molar-refractivity contribution in [2.75, 3.05) is 0 Å². The van der Waals surface area contributed by atoms with E-state index in [0.29, 0.717) is 6.42 Å². The Bertz CT molecular complexity index is 898. The number of rotatable bonds is 6. The quantitative estimate of drug-likeness (QED) is 0.364. The molecule has 0 aromatic heterocycles. The third-order valence-electron chi connectivity index (χ3n) is 6.01. The van der Waals surface area contributed by atoms with Crippen molar-refractivity contribution in [2.24, 2.45) is 0 Å². The van der Waals surface area contributed by atoms with E-state index in [-0.39, 0.29) is 22.3 Å². The molecule has 0 aliphatic rings. The summed E-state index contributed by atoms with van der Waals surface area (Å²) in [5, 5.41) is 21.3. The van der Waals surface area contributed by atoms with E-state index in [1.807, 2.05) is 74.4 Å². The molecular formula is C26H39O5P. The van der Waals surface area contributed by atoms with E-state index in [2.05, 4.69) is 0 Å². The number of hydrogen-bond acceptors (Lipinski definition) is 5. The van der Waals surface area contributed by atoms with Gasteiger partial charge >= 0.3 is 8.60 Å². The van der Waals surface area contributed by atoms with Gasteiger partial charge in [-0.25, -0.2) is 0 Å². The highest BCUT2D eigenvalue weighted by Crippen LogP contribution is 2.51. The molecule has 0 amide bonds. The Morgan fingerprint density at radius 2 is 1.09 bits per heavy atom. The second-order valence-corrected chi connectivity index (χ2v) is 11.5. The zero-order valence-electron chi connectivity index (χ0n) is 20.9. The van der Waals surface area contributed by atoms with Crippen molar-refractivity contribution in [3.8, 4) is 11.5 Å². The van der Waals surface area contributed by atoms with Crippen LogP contribution in [0.4, 0.5) is 0 Å². The number of phenolic OH excluding ortho intramolecular Hbond substituents is 2. The summed E-state index contributed by atoms with van der Waals surface area (Å²) >= 11 is 0. The molecule has 2 aromatic carbocycles. The average Bonchev–Trinajstić information content (AvgIpc) is 2.58. The molecule has 6 heteroatoms. The number of aryl methyl sites for hydroxylation is 2. The maximum Gasteiger partial charge on any atom is 0.328 e. The minimum absolute atomic E-state index is 0.206. The standard InChI is InChI=1S/C26H39O5P/c1-10-11-26(31-32(29)30,18-14-20(24(4,5)6)22(27)12-16(18)2)19-15-21(25(7,8)9)23(28)13-17(19)3/h12-15,27-30H,10-11H2,1-9H3. The lowest BCUT2D eigenvalue weighted by Crippen LogP contribution is -2.33. The van der Waals surface area contributed by atoms with Crippen LogP contribution in [0.3, 0.4) is 0 Å². The molecule has 0 atom stereocenters. The Hall–Kier alpha value is -1.65. The van der Waals surface area contributed by atoms with Crippen molar-refractivity contribution in [3.63, 3.8) is 0 Å². The van der Waals surface area contributed by atoms with Crippen LogP contribution >= 0.6 is 8.60 Å². The largest absolute Gasteiger partial charge is 0.508 e. The van der Waals surface area contributed by atoms with Crippen LogP contribution in [0.1, 0.15) is 94.7 Å². The second-order valence-electron chi connectivity index (χ2n) is 10.8. The predicted octanol–water partition coefficient (Wildman–Crippen LogP) is 6.58. The molecular weight excluding hydrogens is 423 g/mol.